The summed E-state index contributed by atoms with van der Waals surface area (Å²) in [5.74, 6) is -0.343. The maximum absolute atomic E-state index is 13.7. The van der Waals surface area contributed by atoms with Gasteiger partial charge in [-0.05, 0) is 37.1 Å². The van der Waals surface area contributed by atoms with Crippen LogP contribution >= 0.6 is 0 Å². The van der Waals surface area contributed by atoms with Crippen molar-refractivity contribution in [3.63, 3.8) is 0 Å². The Morgan fingerprint density at radius 1 is 1.09 bits per heavy atom. The van der Waals surface area contributed by atoms with Gasteiger partial charge in [0.05, 0.1) is 11.7 Å². The lowest BCUT2D eigenvalue weighted by Crippen LogP contribution is -2.47. The lowest BCUT2D eigenvalue weighted by molar-refractivity contribution is -0.125. The van der Waals surface area contributed by atoms with Gasteiger partial charge in [-0.1, -0.05) is 72.3 Å². The minimum absolute atomic E-state index is 0.137. The number of H-pyrrole nitrogens is 1. The first-order valence-electron chi connectivity index (χ1n) is 11.5. The van der Waals surface area contributed by atoms with Crippen molar-refractivity contribution in [1.29, 1.82) is 0 Å². The second-order valence-corrected chi connectivity index (χ2v) is 8.74. The van der Waals surface area contributed by atoms with Crippen LogP contribution in [0.15, 0.2) is 85.5 Å². The summed E-state index contributed by atoms with van der Waals surface area (Å²) in [6, 6.07) is 23.1. The average Bonchev–Trinajstić information content (AvgIpc) is 3.37. The largest absolute Gasteiger partial charge is 0.354 e. The third-order valence-electron chi connectivity index (χ3n) is 6.58. The Morgan fingerprint density at radius 2 is 1.79 bits per heavy atom. The average molecular weight is 450 g/mol. The predicted molar refractivity (Wildman–Crippen MR) is 136 cm³/mol. The van der Waals surface area contributed by atoms with Gasteiger partial charge in [0, 0.05) is 28.6 Å². The summed E-state index contributed by atoms with van der Waals surface area (Å²) in [7, 11) is 0. The Hall–Kier alpha value is -4.12. The van der Waals surface area contributed by atoms with Gasteiger partial charge in [0.25, 0.3) is 5.91 Å². The van der Waals surface area contributed by atoms with E-state index in [4.69, 9.17) is 0 Å². The molecule has 2 heterocycles. The summed E-state index contributed by atoms with van der Waals surface area (Å²) < 4.78 is 0. The molecule has 0 saturated carbocycles. The van der Waals surface area contributed by atoms with Crippen molar-refractivity contribution in [3.05, 3.63) is 108 Å². The van der Waals surface area contributed by atoms with Gasteiger partial charge in [-0.25, -0.2) is 0 Å². The first-order valence-corrected chi connectivity index (χ1v) is 11.5. The summed E-state index contributed by atoms with van der Waals surface area (Å²) in [4.78, 5) is 32.0. The summed E-state index contributed by atoms with van der Waals surface area (Å²) in [5.41, 5.74) is 6.72. The van der Waals surface area contributed by atoms with Gasteiger partial charge < -0.3 is 15.2 Å². The third kappa shape index (κ3) is 3.50. The van der Waals surface area contributed by atoms with Crippen LogP contribution in [0.5, 0.6) is 0 Å². The van der Waals surface area contributed by atoms with E-state index in [0.717, 1.165) is 33.3 Å². The Kier molecular flexibility index (Phi) is 5.54. The molecule has 34 heavy (non-hydrogen) atoms. The fourth-order valence-corrected chi connectivity index (χ4v) is 4.87. The van der Waals surface area contributed by atoms with Crippen LogP contribution in [0.2, 0.25) is 0 Å². The molecular weight excluding hydrogens is 422 g/mol. The molecule has 1 aliphatic rings. The van der Waals surface area contributed by atoms with Crippen LogP contribution in [0.25, 0.3) is 22.2 Å². The number of nitrogens with zero attached hydrogens (tertiary/aromatic N) is 1. The third-order valence-corrected chi connectivity index (χ3v) is 6.58. The molecule has 0 aliphatic carbocycles. The highest BCUT2D eigenvalue weighted by atomic mass is 16.2. The molecule has 170 valence electrons. The number of aryl methyl sites for hydroxylation is 1. The number of carbonyl (C=O) groups excluding carboxylic acids is 2. The lowest BCUT2D eigenvalue weighted by atomic mass is 9.92. The first-order chi connectivity index (χ1) is 16.5. The highest BCUT2D eigenvalue weighted by Gasteiger charge is 2.44. The molecule has 1 aromatic heterocycles. The number of aromatic amines is 1. The zero-order chi connectivity index (χ0) is 23.8. The van der Waals surface area contributed by atoms with E-state index in [1.807, 2.05) is 42.5 Å². The minimum atomic E-state index is -0.663. The number of nitrogens with one attached hydrogen (secondary N) is 2. The first kappa shape index (κ1) is 21.7. The molecule has 0 bridgehead atoms. The molecule has 0 radical (unpaired) electrons. The number of benzene rings is 3. The van der Waals surface area contributed by atoms with E-state index in [0.29, 0.717) is 12.1 Å². The Labute approximate surface area is 199 Å². The molecule has 0 fully saturated rings. The number of amides is 2. The summed E-state index contributed by atoms with van der Waals surface area (Å²) in [6.07, 6.45) is 1.64. The molecule has 0 spiro atoms. The van der Waals surface area contributed by atoms with E-state index in [-0.39, 0.29) is 11.8 Å². The number of rotatable bonds is 6. The van der Waals surface area contributed by atoms with Crippen LogP contribution in [-0.4, -0.2) is 34.3 Å². The molecular formula is C29H27N3O2. The molecule has 1 aliphatic heterocycles. The SMILES string of the molecule is C=CCNC(=O)[C@H](C)N1C(=O)c2ccccc2[C@H]1c1c(-c2ccc(C)cc2)[nH]c2ccccc12. The Balaban J connectivity index is 1.74. The summed E-state index contributed by atoms with van der Waals surface area (Å²) in [6.45, 7) is 7.88. The maximum atomic E-state index is 13.7. The van der Waals surface area contributed by atoms with Gasteiger partial charge in [0.2, 0.25) is 5.91 Å². The predicted octanol–water partition coefficient (Wildman–Crippen LogP) is 5.38. The van der Waals surface area contributed by atoms with E-state index in [9.17, 15) is 9.59 Å². The number of fused-ring (bicyclic) bond motifs is 2. The zero-order valence-corrected chi connectivity index (χ0v) is 19.3. The van der Waals surface area contributed by atoms with Crippen molar-refractivity contribution in [2.75, 3.05) is 6.54 Å². The van der Waals surface area contributed by atoms with Crippen molar-refractivity contribution in [2.24, 2.45) is 0 Å². The van der Waals surface area contributed by atoms with Crippen LogP contribution in [0, 0.1) is 6.92 Å². The molecule has 4 aromatic rings. The molecule has 0 saturated heterocycles. The highest BCUT2D eigenvalue weighted by Crippen LogP contribution is 2.46. The fourth-order valence-electron chi connectivity index (χ4n) is 4.87. The van der Waals surface area contributed by atoms with Crippen molar-refractivity contribution >= 4 is 22.7 Å². The van der Waals surface area contributed by atoms with Crippen LogP contribution in [0.3, 0.4) is 0 Å². The van der Waals surface area contributed by atoms with Crippen LogP contribution < -0.4 is 5.32 Å². The van der Waals surface area contributed by atoms with Crippen molar-refractivity contribution in [2.45, 2.75) is 25.9 Å². The number of carbonyl (C=O) groups is 2. The smallest absolute Gasteiger partial charge is 0.255 e. The van der Waals surface area contributed by atoms with Crippen molar-refractivity contribution in [3.8, 4) is 11.3 Å². The number of aromatic nitrogens is 1. The summed E-state index contributed by atoms with van der Waals surface area (Å²) >= 11 is 0. The topological polar surface area (TPSA) is 65.2 Å². The van der Waals surface area contributed by atoms with E-state index >= 15 is 0 Å². The quantitative estimate of drug-likeness (QED) is 0.388. The van der Waals surface area contributed by atoms with Gasteiger partial charge in [0.1, 0.15) is 6.04 Å². The van der Waals surface area contributed by atoms with E-state index < -0.39 is 12.1 Å². The molecule has 5 rings (SSSR count). The number of para-hydroxylation sites is 1. The molecule has 2 amide bonds. The minimum Gasteiger partial charge on any atom is -0.354 e. The molecule has 5 heteroatoms. The molecule has 0 unspecified atom stereocenters. The zero-order valence-electron chi connectivity index (χ0n) is 19.3. The van der Waals surface area contributed by atoms with Crippen molar-refractivity contribution in [1.82, 2.24) is 15.2 Å². The molecule has 2 atom stereocenters. The van der Waals surface area contributed by atoms with Gasteiger partial charge >= 0.3 is 0 Å². The van der Waals surface area contributed by atoms with Crippen molar-refractivity contribution < 1.29 is 9.59 Å². The number of hydrogen-bond acceptors (Lipinski definition) is 2. The molecule has 3 aromatic carbocycles. The Morgan fingerprint density at radius 3 is 2.56 bits per heavy atom. The van der Waals surface area contributed by atoms with Gasteiger partial charge in [-0.15, -0.1) is 6.58 Å². The second kappa shape index (κ2) is 8.67. The van der Waals surface area contributed by atoms with Crippen LogP contribution in [0.1, 0.15) is 40.0 Å². The van der Waals surface area contributed by atoms with Gasteiger partial charge in [-0.2, -0.15) is 0 Å². The van der Waals surface area contributed by atoms with E-state index in [2.05, 4.69) is 54.1 Å². The standard InChI is InChI=1S/C29H27N3O2/c1-4-17-30-28(33)19(3)32-27(21-9-5-6-10-22(21)29(32)34)25-23-11-7-8-12-24(23)31-26(25)20-15-13-18(2)14-16-20/h4-16,19,27,31H,1,17H2,2-3H3,(H,30,33)/t19-,27-/m0/s1. The molecule has 5 nitrogen and oxygen atoms in total. The van der Waals surface area contributed by atoms with Gasteiger partial charge in [0.15, 0.2) is 0 Å². The number of hydrogen-bond donors (Lipinski definition) is 2. The lowest BCUT2D eigenvalue weighted by Gasteiger charge is -2.31. The van der Waals surface area contributed by atoms with Crippen LogP contribution in [-0.2, 0) is 4.79 Å². The fraction of sp³-hybridized carbons (Fsp3) is 0.172. The van der Waals surface area contributed by atoms with E-state index in [1.54, 1.807) is 17.9 Å². The van der Waals surface area contributed by atoms with Crippen LogP contribution in [0.4, 0.5) is 0 Å². The summed E-state index contributed by atoms with van der Waals surface area (Å²) in [5, 5.41) is 3.89. The maximum Gasteiger partial charge on any atom is 0.255 e. The monoisotopic (exact) mass is 449 g/mol. The second-order valence-electron chi connectivity index (χ2n) is 8.74. The van der Waals surface area contributed by atoms with Gasteiger partial charge in [-0.3, -0.25) is 9.59 Å². The Bertz CT molecular complexity index is 1400. The highest BCUT2D eigenvalue weighted by molar-refractivity contribution is 6.04. The normalized spacial score (nSPS) is 15.9. The molecule has 2 N–H and O–H groups in total. The van der Waals surface area contributed by atoms with E-state index in [1.165, 1.54) is 5.56 Å².